The zero-order chi connectivity index (χ0) is 15.2. The summed E-state index contributed by atoms with van der Waals surface area (Å²) < 4.78 is 20.2. The van der Waals surface area contributed by atoms with E-state index in [1.54, 1.807) is 19.1 Å². The van der Waals surface area contributed by atoms with E-state index in [1.807, 2.05) is 18.2 Å². The first-order valence-corrected chi connectivity index (χ1v) is 7.82. The molecule has 0 unspecified atom stereocenters. The summed E-state index contributed by atoms with van der Waals surface area (Å²) >= 11 is 3.54. The van der Waals surface area contributed by atoms with Gasteiger partial charge in [0.15, 0.2) is 0 Å². The molecule has 0 heterocycles. The SMILES string of the molecule is CCCNCc1ccc(Oc2ccc(C)c(F)c2)cc1Br. The largest absolute Gasteiger partial charge is 0.457 e. The Kier molecular flexibility index (Phi) is 5.76. The first kappa shape index (κ1) is 16.0. The van der Waals surface area contributed by atoms with Crippen LogP contribution in [0.25, 0.3) is 0 Å². The predicted molar refractivity (Wildman–Crippen MR) is 87.4 cm³/mol. The number of ether oxygens (including phenoxy) is 1. The Bertz CT molecular complexity index is 616. The molecule has 2 aromatic rings. The fourth-order valence-electron chi connectivity index (χ4n) is 1.91. The van der Waals surface area contributed by atoms with Crippen molar-refractivity contribution >= 4 is 15.9 Å². The fourth-order valence-corrected chi connectivity index (χ4v) is 2.41. The average molecular weight is 352 g/mol. The second-order valence-corrected chi connectivity index (χ2v) is 5.80. The van der Waals surface area contributed by atoms with Crippen molar-refractivity contribution in [2.75, 3.05) is 6.54 Å². The molecule has 0 saturated carbocycles. The molecule has 2 nitrogen and oxygen atoms in total. The number of aryl methyl sites for hydroxylation is 1. The van der Waals surface area contributed by atoms with E-state index in [0.717, 1.165) is 24.0 Å². The summed E-state index contributed by atoms with van der Waals surface area (Å²) in [6, 6.07) is 10.7. The van der Waals surface area contributed by atoms with E-state index >= 15 is 0 Å². The molecule has 0 atom stereocenters. The Morgan fingerprint density at radius 1 is 1.14 bits per heavy atom. The smallest absolute Gasteiger partial charge is 0.130 e. The molecule has 0 bridgehead atoms. The van der Waals surface area contributed by atoms with Gasteiger partial charge in [0.25, 0.3) is 0 Å². The van der Waals surface area contributed by atoms with E-state index in [4.69, 9.17) is 4.74 Å². The van der Waals surface area contributed by atoms with Gasteiger partial charge in [-0.3, -0.25) is 0 Å². The summed E-state index contributed by atoms with van der Waals surface area (Å²) in [6.07, 6.45) is 1.11. The van der Waals surface area contributed by atoms with Gasteiger partial charge in [-0.1, -0.05) is 35.0 Å². The normalized spacial score (nSPS) is 10.7. The van der Waals surface area contributed by atoms with Crippen molar-refractivity contribution in [3.05, 3.63) is 57.8 Å². The summed E-state index contributed by atoms with van der Waals surface area (Å²) in [5, 5.41) is 3.35. The molecule has 0 aliphatic heterocycles. The lowest BCUT2D eigenvalue weighted by Gasteiger charge is -2.10. The van der Waals surface area contributed by atoms with Gasteiger partial charge in [0.05, 0.1) is 0 Å². The molecule has 0 aliphatic carbocycles. The van der Waals surface area contributed by atoms with Crippen molar-refractivity contribution in [3.63, 3.8) is 0 Å². The van der Waals surface area contributed by atoms with Crippen LogP contribution in [-0.2, 0) is 6.54 Å². The first-order valence-electron chi connectivity index (χ1n) is 7.03. The Hall–Kier alpha value is -1.39. The lowest BCUT2D eigenvalue weighted by molar-refractivity contribution is 0.475. The van der Waals surface area contributed by atoms with Crippen molar-refractivity contribution in [1.82, 2.24) is 5.32 Å². The lowest BCUT2D eigenvalue weighted by atomic mass is 10.2. The van der Waals surface area contributed by atoms with E-state index in [1.165, 1.54) is 11.6 Å². The number of hydrogen-bond donors (Lipinski definition) is 1. The summed E-state index contributed by atoms with van der Waals surface area (Å²) in [6.45, 7) is 5.68. The molecule has 2 aromatic carbocycles. The van der Waals surface area contributed by atoms with Crippen LogP contribution < -0.4 is 10.1 Å². The van der Waals surface area contributed by atoms with Crippen LogP contribution in [0.4, 0.5) is 4.39 Å². The topological polar surface area (TPSA) is 21.3 Å². The van der Waals surface area contributed by atoms with Crippen molar-refractivity contribution in [2.24, 2.45) is 0 Å². The van der Waals surface area contributed by atoms with Crippen LogP contribution in [0.5, 0.6) is 11.5 Å². The van der Waals surface area contributed by atoms with Crippen molar-refractivity contribution in [2.45, 2.75) is 26.8 Å². The van der Waals surface area contributed by atoms with E-state index in [9.17, 15) is 4.39 Å². The van der Waals surface area contributed by atoms with E-state index in [0.29, 0.717) is 17.1 Å². The molecule has 0 amide bonds. The monoisotopic (exact) mass is 351 g/mol. The Morgan fingerprint density at radius 2 is 1.86 bits per heavy atom. The Balaban J connectivity index is 2.07. The van der Waals surface area contributed by atoms with E-state index < -0.39 is 0 Å². The third-order valence-electron chi connectivity index (χ3n) is 3.15. The second-order valence-electron chi connectivity index (χ2n) is 4.94. The van der Waals surface area contributed by atoms with Gasteiger partial charge < -0.3 is 10.1 Å². The molecule has 4 heteroatoms. The maximum atomic E-state index is 13.5. The minimum absolute atomic E-state index is 0.257. The molecule has 112 valence electrons. The highest BCUT2D eigenvalue weighted by Crippen LogP contribution is 2.28. The summed E-state index contributed by atoms with van der Waals surface area (Å²) in [4.78, 5) is 0. The fraction of sp³-hybridized carbons (Fsp3) is 0.294. The minimum Gasteiger partial charge on any atom is -0.457 e. The second kappa shape index (κ2) is 7.57. The third-order valence-corrected chi connectivity index (χ3v) is 3.88. The average Bonchev–Trinajstić information content (AvgIpc) is 2.45. The maximum absolute atomic E-state index is 13.5. The van der Waals surface area contributed by atoms with Crippen LogP contribution >= 0.6 is 15.9 Å². The molecule has 0 spiro atoms. The number of benzene rings is 2. The maximum Gasteiger partial charge on any atom is 0.130 e. The highest BCUT2D eigenvalue weighted by molar-refractivity contribution is 9.10. The van der Waals surface area contributed by atoms with Gasteiger partial charge in [-0.2, -0.15) is 0 Å². The molecule has 21 heavy (non-hydrogen) atoms. The van der Waals surface area contributed by atoms with Gasteiger partial charge in [0.2, 0.25) is 0 Å². The number of halogens is 2. The summed E-state index contributed by atoms with van der Waals surface area (Å²) in [5.74, 6) is 0.929. The van der Waals surface area contributed by atoms with Crippen molar-refractivity contribution < 1.29 is 9.13 Å². The number of nitrogens with one attached hydrogen (secondary N) is 1. The Labute approximate surface area is 133 Å². The molecule has 0 radical (unpaired) electrons. The molecule has 2 rings (SSSR count). The van der Waals surface area contributed by atoms with Gasteiger partial charge in [-0.05, 0) is 49.2 Å². The molecule has 0 fully saturated rings. The molecule has 0 saturated heterocycles. The van der Waals surface area contributed by atoms with Crippen LogP contribution in [0.2, 0.25) is 0 Å². The molecule has 1 N–H and O–H groups in total. The summed E-state index contributed by atoms with van der Waals surface area (Å²) in [5.41, 5.74) is 1.78. The minimum atomic E-state index is -0.257. The molecular formula is C17H19BrFNO. The van der Waals surface area contributed by atoms with Gasteiger partial charge in [0.1, 0.15) is 17.3 Å². The van der Waals surface area contributed by atoms with Gasteiger partial charge in [0, 0.05) is 17.1 Å². The standard InChI is InChI=1S/C17H19BrFNO/c1-3-8-20-11-13-5-7-14(9-16(13)18)21-15-6-4-12(2)17(19)10-15/h4-7,9-10,20H,3,8,11H2,1-2H3. The van der Waals surface area contributed by atoms with E-state index in [2.05, 4.69) is 28.2 Å². The third kappa shape index (κ3) is 4.55. The van der Waals surface area contributed by atoms with Crippen LogP contribution in [0, 0.1) is 12.7 Å². The van der Waals surface area contributed by atoms with E-state index in [-0.39, 0.29) is 5.82 Å². The first-order chi connectivity index (χ1) is 10.1. The number of hydrogen-bond acceptors (Lipinski definition) is 2. The van der Waals surface area contributed by atoms with Gasteiger partial charge >= 0.3 is 0 Å². The van der Waals surface area contributed by atoms with Gasteiger partial charge in [-0.15, -0.1) is 0 Å². The zero-order valence-corrected chi connectivity index (χ0v) is 13.8. The summed E-state index contributed by atoms with van der Waals surface area (Å²) in [7, 11) is 0. The molecular weight excluding hydrogens is 333 g/mol. The quantitative estimate of drug-likeness (QED) is 0.723. The Morgan fingerprint density at radius 3 is 2.52 bits per heavy atom. The van der Waals surface area contributed by atoms with Crippen molar-refractivity contribution in [3.8, 4) is 11.5 Å². The predicted octanol–water partition coefficient (Wildman–Crippen LogP) is 5.19. The highest BCUT2D eigenvalue weighted by atomic mass is 79.9. The number of rotatable bonds is 6. The lowest BCUT2D eigenvalue weighted by Crippen LogP contribution is -2.14. The van der Waals surface area contributed by atoms with Crippen molar-refractivity contribution in [1.29, 1.82) is 0 Å². The zero-order valence-electron chi connectivity index (χ0n) is 12.2. The van der Waals surface area contributed by atoms with Crippen LogP contribution in [0.1, 0.15) is 24.5 Å². The van der Waals surface area contributed by atoms with Crippen LogP contribution in [0.15, 0.2) is 40.9 Å². The molecule has 0 aromatic heterocycles. The van der Waals surface area contributed by atoms with Crippen LogP contribution in [0.3, 0.4) is 0 Å². The molecule has 0 aliphatic rings. The van der Waals surface area contributed by atoms with Gasteiger partial charge in [-0.25, -0.2) is 4.39 Å². The highest BCUT2D eigenvalue weighted by Gasteiger charge is 2.05. The van der Waals surface area contributed by atoms with Crippen LogP contribution in [-0.4, -0.2) is 6.54 Å².